The maximum atomic E-state index is 10.7. The zero-order valence-corrected chi connectivity index (χ0v) is 8.72. The van der Waals surface area contributed by atoms with E-state index in [9.17, 15) is 4.79 Å². The largest absolute Gasteiger partial charge is 0.476 e. The van der Waals surface area contributed by atoms with Gasteiger partial charge in [-0.1, -0.05) is 11.6 Å². The fraction of sp³-hybridized carbons (Fsp3) is 0. The molecule has 0 amide bonds. The van der Waals surface area contributed by atoms with Gasteiger partial charge in [0.25, 0.3) is 0 Å². The number of aromatic carboxylic acids is 1. The van der Waals surface area contributed by atoms with Gasteiger partial charge in [0.05, 0.1) is 16.9 Å². The molecular formula is C9H7ClN4O2. The number of carboxylic acid groups (broad SMARTS) is 1. The summed E-state index contributed by atoms with van der Waals surface area (Å²) in [7, 11) is 0. The molecule has 2 rings (SSSR count). The van der Waals surface area contributed by atoms with Crippen molar-refractivity contribution >= 4 is 23.3 Å². The highest BCUT2D eigenvalue weighted by atomic mass is 35.5. The lowest BCUT2D eigenvalue weighted by Gasteiger charge is -2.00. The number of nitrogens with two attached hydrogens (primary N) is 1. The first kappa shape index (κ1) is 10.4. The fourth-order valence-corrected chi connectivity index (χ4v) is 1.42. The number of nitrogens with zero attached hydrogens (tertiary/aromatic N) is 3. The molecule has 2 heterocycles. The SMILES string of the molecule is Nc1cn(-c2ncccc2Cl)nc1C(=O)O. The smallest absolute Gasteiger partial charge is 0.358 e. The van der Waals surface area contributed by atoms with E-state index in [4.69, 9.17) is 22.4 Å². The second-order valence-electron chi connectivity index (χ2n) is 2.99. The van der Waals surface area contributed by atoms with Crippen molar-refractivity contribution in [3.05, 3.63) is 35.2 Å². The normalized spacial score (nSPS) is 10.3. The molecule has 0 saturated carbocycles. The highest BCUT2D eigenvalue weighted by Gasteiger charge is 2.15. The molecule has 2 aromatic heterocycles. The van der Waals surface area contributed by atoms with E-state index in [0.717, 1.165) is 0 Å². The molecule has 0 saturated heterocycles. The number of hydrogen-bond donors (Lipinski definition) is 2. The van der Waals surface area contributed by atoms with Gasteiger partial charge >= 0.3 is 5.97 Å². The molecule has 0 aliphatic heterocycles. The molecule has 0 radical (unpaired) electrons. The molecule has 7 heteroatoms. The van der Waals surface area contributed by atoms with Crippen LogP contribution in [0.3, 0.4) is 0 Å². The lowest BCUT2D eigenvalue weighted by atomic mass is 10.4. The second-order valence-corrected chi connectivity index (χ2v) is 3.40. The van der Waals surface area contributed by atoms with Gasteiger partial charge in [-0.3, -0.25) is 0 Å². The average Bonchev–Trinajstić information content (AvgIpc) is 2.61. The minimum atomic E-state index is -1.19. The minimum absolute atomic E-state index is 0.0641. The maximum absolute atomic E-state index is 10.7. The van der Waals surface area contributed by atoms with Gasteiger partial charge in [-0.25, -0.2) is 14.5 Å². The molecule has 0 unspecified atom stereocenters. The highest BCUT2D eigenvalue weighted by molar-refractivity contribution is 6.32. The minimum Gasteiger partial charge on any atom is -0.476 e. The van der Waals surface area contributed by atoms with Crippen LogP contribution >= 0.6 is 11.6 Å². The number of nitrogen functional groups attached to an aromatic ring is 1. The second kappa shape index (κ2) is 3.82. The Labute approximate surface area is 95.3 Å². The summed E-state index contributed by atoms with van der Waals surface area (Å²) in [6, 6.07) is 3.29. The van der Waals surface area contributed by atoms with E-state index < -0.39 is 5.97 Å². The molecule has 0 aliphatic rings. The summed E-state index contributed by atoms with van der Waals surface area (Å²) in [5.41, 5.74) is 5.34. The van der Waals surface area contributed by atoms with E-state index in [1.807, 2.05) is 0 Å². The van der Waals surface area contributed by atoms with Crippen LogP contribution in [-0.2, 0) is 0 Å². The van der Waals surface area contributed by atoms with Crippen molar-refractivity contribution in [3.8, 4) is 5.82 Å². The summed E-state index contributed by atoms with van der Waals surface area (Å²) in [4.78, 5) is 14.7. The fourth-order valence-electron chi connectivity index (χ4n) is 1.21. The van der Waals surface area contributed by atoms with Gasteiger partial charge in [-0.15, -0.1) is 0 Å². The summed E-state index contributed by atoms with van der Waals surface area (Å²) in [6.07, 6.45) is 2.89. The van der Waals surface area contributed by atoms with E-state index in [2.05, 4.69) is 10.1 Å². The van der Waals surface area contributed by atoms with Gasteiger partial charge < -0.3 is 10.8 Å². The third kappa shape index (κ3) is 1.70. The van der Waals surface area contributed by atoms with Crippen LogP contribution in [0.1, 0.15) is 10.5 Å². The molecule has 0 atom stereocenters. The summed E-state index contributed by atoms with van der Waals surface area (Å²) < 4.78 is 1.24. The van der Waals surface area contributed by atoms with Crippen LogP contribution in [0.2, 0.25) is 5.02 Å². The maximum Gasteiger partial charge on any atom is 0.358 e. The van der Waals surface area contributed by atoms with E-state index in [-0.39, 0.29) is 11.4 Å². The van der Waals surface area contributed by atoms with Gasteiger partial charge in [-0.2, -0.15) is 5.10 Å². The zero-order chi connectivity index (χ0) is 11.7. The van der Waals surface area contributed by atoms with Crippen molar-refractivity contribution < 1.29 is 9.90 Å². The van der Waals surface area contributed by atoms with Crippen LogP contribution in [0, 0.1) is 0 Å². The third-order valence-electron chi connectivity index (χ3n) is 1.90. The van der Waals surface area contributed by atoms with Crippen LogP contribution < -0.4 is 5.73 Å². The Balaban J connectivity index is 2.54. The molecule has 0 aliphatic carbocycles. The first-order chi connectivity index (χ1) is 7.59. The Morgan fingerprint density at radius 1 is 1.56 bits per heavy atom. The predicted octanol–water partition coefficient (Wildman–Crippen LogP) is 1.20. The topological polar surface area (TPSA) is 94.0 Å². The van der Waals surface area contributed by atoms with Gasteiger partial charge in [0.1, 0.15) is 0 Å². The van der Waals surface area contributed by atoms with Gasteiger partial charge in [0, 0.05) is 6.20 Å². The number of carbonyl (C=O) groups is 1. The number of aromatic nitrogens is 3. The first-order valence-corrected chi connectivity index (χ1v) is 4.66. The van der Waals surface area contributed by atoms with Crippen molar-refractivity contribution in [2.75, 3.05) is 5.73 Å². The quantitative estimate of drug-likeness (QED) is 0.820. The van der Waals surface area contributed by atoms with Crippen molar-refractivity contribution in [3.63, 3.8) is 0 Å². The van der Waals surface area contributed by atoms with Gasteiger partial charge in [0.2, 0.25) is 0 Å². The van der Waals surface area contributed by atoms with E-state index in [1.54, 1.807) is 12.1 Å². The highest BCUT2D eigenvalue weighted by Crippen LogP contribution is 2.19. The molecular weight excluding hydrogens is 232 g/mol. The number of anilines is 1. The molecule has 0 aromatic carbocycles. The molecule has 16 heavy (non-hydrogen) atoms. The van der Waals surface area contributed by atoms with Gasteiger partial charge in [0.15, 0.2) is 11.5 Å². The monoisotopic (exact) mass is 238 g/mol. The van der Waals surface area contributed by atoms with Crippen LogP contribution in [0.25, 0.3) is 5.82 Å². The molecule has 82 valence electrons. The Kier molecular flexibility index (Phi) is 2.49. The molecule has 0 fully saturated rings. The third-order valence-corrected chi connectivity index (χ3v) is 2.20. The molecule has 0 spiro atoms. The van der Waals surface area contributed by atoms with E-state index in [0.29, 0.717) is 10.8 Å². The lowest BCUT2D eigenvalue weighted by Crippen LogP contribution is -2.03. The number of pyridine rings is 1. The van der Waals surface area contributed by atoms with Gasteiger partial charge in [-0.05, 0) is 12.1 Å². The zero-order valence-electron chi connectivity index (χ0n) is 7.96. The van der Waals surface area contributed by atoms with Crippen molar-refractivity contribution in [2.45, 2.75) is 0 Å². The van der Waals surface area contributed by atoms with Crippen molar-refractivity contribution in [2.24, 2.45) is 0 Å². The van der Waals surface area contributed by atoms with E-state index >= 15 is 0 Å². The van der Waals surface area contributed by atoms with Crippen LogP contribution in [0.4, 0.5) is 5.69 Å². The number of carboxylic acids is 1. The van der Waals surface area contributed by atoms with Crippen LogP contribution in [0.5, 0.6) is 0 Å². The van der Waals surface area contributed by atoms with E-state index in [1.165, 1.54) is 17.1 Å². The van der Waals surface area contributed by atoms with Crippen LogP contribution in [-0.4, -0.2) is 25.8 Å². The number of hydrogen-bond acceptors (Lipinski definition) is 4. The van der Waals surface area contributed by atoms with Crippen molar-refractivity contribution in [1.82, 2.24) is 14.8 Å². The van der Waals surface area contributed by atoms with Crippen LogP contribution in [0.15, 0.2) is 24.5 Å². The molecule has 6 nitrogen and oxygen atoms in total. The van der Waals surface area contributed by atoms with Crippen molar-refractivity contribution in [1.29, 1.82) is 0 Å². The summed E-state index contributed by atoms with van der Waals surface area (Å²) >= 11 is 5.89. The predicted molar refractivity (Wildman–Crippen MR) is 57.7 cm³/mol. The number of halogens is 1. The Hall–Kier alpha value is -2.08. The Bertz CT molecular complexity index is 552. The molecule has 0 bridgehead atoms. The Morgan fingerprint density at radius 3 is 2.88 bits per heavy atom. The standard InChI is InChI=1S/C9H7ClN4O2/c10-5-2-1-3-12-8(5)14-4-6(11)7(13-14)9(15)16/h1-4H,11H2,(H,15,16). The molecule has 2 aromatic rings. The molecule has 3 N–H and O–H groups in total. The summed E-state index contributed by atoms with van der Waals surface area (Å²) in [5, 5.41) is 12.9. The lowest BCUT2D eigenvalue weighted by molar-refractivity contribution is 0.0691. The summed E-state index contributed by atoms with van der Waals surface area (Å²) in [5.74, 6) is -0.855. The number of rotatable bonds is 2. The Morgan fingerprint density at radius 2 is 2.31 bits per heavy atom. The average molecular weight is 239 g/mol. The first-order valence-electron chi connectivity index (χ1n) is 4.29. The summed E-state index contributed by atoms with van der Waals surface area (Å²) in [6.45, 7) is 0.